The molecular weight excluding hydrogens is 493 g/mol. The summed E-state index contributed by atoms with van der Waals surface area (Å²) in [6.45, 7) is 4.58. The Hall–Kier alpha value is -2.65. The van der Waals surface area contributed by atoms with Gasteiger partial charge in [-0.3, -0.25) is 13.9 Å². The van der Waals surface area contributed by atoms with Crippen LogP contribution in [-0.2, 0) is 26.2 Å². The third-order valence-corrected chi connectivity index (χ3v) is 6.91. The van der Waals surface area contributed by atoms with Crippen molar-refractivity contribution in [3.63, 3.8) is 0 Å². The molecule has 2 rings (SSSR count). The standard InChI is InChI=1S/C25H33ClFN3O4S/c1-4-16-28-25(32)23(5-2)29(18-19-8-10-20(26)11-9-19)24(31)7-6-17-30(35(3,33)34)22-14-12-21(27)13-15-22/h8-15,23H,4-7,16-18H2,1-3H3,(H,28,32). The molecule has 1 N–H and O–H groups in total. The lowest BCUT2D eigenvalue weighted by Crippen LogP contribution is -2.49. The molecule has 1 atom stereocenters. The van der Waals surface area contributed by atoms with Gasteiger partial charge in [-0.1, -0.05) is 37.6 Å². The molecule has 7 nitrogen and oxygen atoms in total. The second kappa shape index (κ2) is 13.4. The quantitative estimate of drug-likeness (QED) is 0.421. The number of amides is 2. The topological polar surface area (TPSA) is 86.8 Å². The monoisotopic (exact) mass is 525 g/mol. The molecule has 0 bridgehead atoms. The van der Waals surface area contributed by atoms with Crippen LogP contribution < -0.4 is 9.62 Å². The first kappa shape index (κ1) is 28.6. The Kier molecular flexibility index (Phi) is 11.0. The number of nitrogens with zero attached hydrogens (tertiary/aromatic N) is 2. The zero-order chi connectivity index (χ0) is 26.0. The maximum atomic E-state index is 13.3. The molecule has 0 heterocycles. The number of carbonyl (C=O) groups is 2. The Balaban J connectivity index is 2.18. The number of carbonyl (C=O) groups excluding carboxylic acids is 2. The van der Waals surface area contributed by atoms with E-state index in [2.05, 4.69) is 5.32 Å². The van der Waals surface area contributed by atoms with Gasteiger partial charge in [-0.2, -0.15) is 0 Å². The van der Waals surface area contributed by atoms with E-state index in [0.29, 0.717) is 23.7 Å². The maximum absolute atomic E-state index is 13.3. The molecule has 0 aromatic heterocycles. The Labute approximate surface area is 212 Å². The summed E-state index contributed by atoms with van der Waals surface area (Å²) in [5.74, 6) is -0.950. The van der Waals surface area contributed by atoms with Crippen LogP contribution in [0.5, 0.6) is 0 Å². The van der Waals surface area contributed by atoms with Gasteiger partial charge in [0.15, 0.2) is 0 Å². The summed E-state index contributed by atoms with van der Waals surface area (Å²) in [5, 5.41) is 3.43. The Morgan fingerprint density at radius 1 is 1.06 bits per heavy atom. The lowest BCUT2D eigenvalue weighted by atomic mass is 10.1. The van der Waals surface area contributed by atoms with E-state index in [1.54, 1.807) is 24.3 Å². The van der Waals surface area contributed by atoms with Crippen LogP contribution >= 0.6 is 11.6 Å². The number of hydrogen-bond donors (Lipinski definition) is 1. The molecule has 1 unspecified atom stereocenters. The van der Waals surface area contributed by atoms with Gasteiger partial charge >= 0.3 is 0 Å². The first-order valence-corrected chi connectivity index (χ1v) is 13.8. The fraction of sp³-hybridized carbons (Fsp3) is 0.440. The number of rotatable bonds is 13. The van der Waals surface area contributed by atoms with Crippen molar-refractivity contribution in [2.75, 3.05) is 23.7 Å². The summed E-state index contributed by atoms with van der Waals surface area (Å²) in [5.41, 5.74) is 1.15. The predicted octanol–water partition coefficient (Wildman–Crippen LogP) is 4.36. The first-order valence-electron chi connectivity index (χ1n) is 11.6. The molecule has 0 aliphatic rings. The summed E-state index contributed by atoms with van der Waals surface area (Å²) in [7, 11) is -3.64. The summed E-state index contributed by atoms with van der Waals surface area (Å²) in [4.78, 5) is 27.7. The zero-order valence-corrected chi connectivity index (χ0v) is 21.9. The van der Waals surface area contributed by atoms with Crippen molar-refractivity contribution < 1.29 is 22.4 Å². The van der Waals surface area contributed by atoms with Gasteiger partial charge in [-0.15, -0.1) is 0 Å². The van der Waals surface area contributed by atoms with E-state index in [1.165, 1.54) is 29.2 Å². The van der Waals surface area contributed by atoms with Crippen molar-refractivity contribution in [3.8, 4) is 0 Å². The molecule has 0 radical (unpaired) electrons. The van der Waals surface area contributed by atoms with E-state index in [-0.39, 0.29) is 37.7 Å². The molecular formula is C25H33ClFN3O4S. The van der Waals surface area contributed by atoms with Crippen LogP contribution in [0.15, 0.2) is 48.5 Å². The fourth-order valence-electron chi connectivity index (χ4n) is 3.68. The first-order chi connectivity index (χ1) is 16.6. The molecule has 0 saturated carbocycles. The van der Waals surface area contributed by atoms with E-state index in [9.17, 15) is 22.4 Å². The summed E-state index contributed by atoms with van der Waals surface area (Å²) in [6, 6.07) is 11.5. The molecule has 2 aromatic rings. The highest BCUT2D eigenvalue weighted by Gasteiger charge is 2.28. The Morgan fingerprint density at radius 3 is 2.23 bits per heavy atom. The van der Waals surface area contributed by atoms with E-state index in [1.807, 2.05) is 13.8 Å². The normalized spacial score (nSPS) is 12.1. The average Bonchev–Trinajstić information content (AvgIpc) is 2.81. The average molecular weight is 526 g/mol. The van der Waals surface area contributed by atoms with Crippen molar-refractivity contribution in [3.05, 3.63) is 64.9 Å². The van der Waals surface area contributed by atoms with Gasteiger partial charge in [0.1, 0.15) is 11.9 Å². The molecule has 35 heavy (non-hydrogen) atoms. The van der Waals surface area contributed by atoms with Crippen LogP contribution in [0, 0.1) is 5.82 Å². The predicted molar refractivity (Wildman–Crippen MR) is 137 cm³/mol. The van der Waals surface area contributed by atoms with E-state index in [0.717, 1.165) is 22.5 Å². The van der Waals surface area contributed by atoms with Crippen molar-refractivity contribution in [2.24, 2.45) is 0 Å². The lowest BCUT2D eigenvalue weighted by Gasteiger charge is -2.31. The Morgan fingerprint density at radius 2 is 1.69 bits per heavy atom. The van der Waals surface area contributed by atoms with Gasteiger partial charge in [0.25, 0.3) is 0 Å². The molecule has 0 spiro atoms. The summed E-state index contributed by atoms with van der Waals surface area (Å²) >= 11 is 5.98. The number of halogens is 2. The summed E-state index contributed by atoms with van der Waals surface area (Å²) < 4.78 is 39.1. The molecule has 10 heteroatoms. The van der Waals surface area contributed by atoms with Gasteiger partial charge in [0.05, 0.1) is 11.9 Å². The van der Waals surface area contributed by atoms with Crippen LogP contribution in [0.1, 0.15) is 45.1 Å². The lowest BCUT2D eigenvalue weighted by molar-refractivity contribution is -0.141. The SMILES string of the molecule is CCCNC(=O)C(CC)N(Cc1ccc(Cl)cc1)C(=O)CCCN(c1ccc(F)cc1)S(C)(=O)=O. The molecule has 192 valence electrons. The molecule has 2 amide bonds. The molecule has 0 aliphatic carbocycles. The van der Waals surface area contributed by atoms with Crippen molar-refractivity contribution in [2.45, 2.75) is 52.1 Å². The third kappa shape index (κ3) is 8.81. The van der Waals surface area contributed by atoms with Gasteiger partial charge in [0, 0.05) is 31.1 Å². The highest BCUT2D eigenvalue weighted by Crippen LogP contribution is 2.20. The minimum Gasteiger partial charge on any atom is -0.354 e. The zero-order valence-electron chi connectivity index (χ0n) is 20.3. The van der Waals surface area contributed by atoms with Crippen LogP contribution in [0.2, 0.25) is 5.02 Å². The largest absolute Gasteiger partial charge is 0.354 e. The second-order valence-corrected chi connectivity index (χ2v) is 10.6. The second-order valence-electron chi connectivity index (χ2n) is 8.28. The molecule has 0 fully saturated rings. The van der Waals surface area contributed by atoms with Crippen molar-refractivity contribution in [1.82, 2.24) is 10.2 Å². The minimum absolute atomic E-state index is 0.0400. The number of hydrogen-bond acceptors (Lipinski definition) is 4. The molecule has 0 saturated heterocycles. The Bertz CT molecular complexity index is 1080. The number of anilines is 1. The van der Waals surface area contributed by atoms with Crippen LogP contribution in [0.25, 0.3) is 0 Å². The highest BCUT2D eigenvalue weighted by molar-refractivity contribution is 7.92. The van der Waals surface area contributed by atoms with Gasteiger partial charge < -0.3 is 10.2 Å². The van der Waals surface area contributed by atoms with Crippen LogP contribution in [0.3, 0.4) is 0 Å². The molecule has 2 aromatic carbocycles. The third-order valence-electron chi connectivity index (χ3n) is 5.47. The number of benzene rings is 2. The highest BCUT2D eigenvalue weighted by atomic mass is 35.5. The van der Waals surface area contributed by atoms with Gasteiger partial charge in [-0.25, -0.2) is 12.8 Å². The maximum Gasteiger partial charge on any atom is 0.242 e. The minimum atomic E-state index is -3.64. The fourth-order valence-corrected chi connectivity index (χ4v) is 4.77. The van der Waals surface area contributed by atoms with E-state index >= 15 is 0 Å². The van der Waals surface area contributed by atoms with Gasteiger partial charge in [-0.05, 0) is 61.2 Å². The molecule has 0 aliphatic heterocycles. The van der Waals surface area contributed by atoms with Crippen LogP contribution in [0.4, 0.5) is 10.1 Å². The summed E-state index contributed by atoms with van der Waals surface area (Å²) in [6.07, 6.45) is 2.54. The van der Waals surface area contributed by atoms with Crippen LogP contribution in [-0.4, -0.2) is 50.5 Å². The van der Waals surface area contributed by atoms with E-state index < -0.39 is 21.9 Å². The smallest absolute Gasteiger partial charge is 0.242 e. The number of sulfonamides is 1. The van der Waals surface area contributed by atoms with E-state index in [4.69, 9.17) is 11.6 Å². The van der Waals surface area contributed by atoms with Crippen molar-refractivity contribution >= 4 is 39.1 Å². The van der Waals surface area contributed by atoms with Gasteiger partial charge in [0.2, 0.25) is 21.8 Å². The number of nitrogens with one attached hydrogen (secondary N) is 1. The van der Waals surface area contributed by atoms with Crippen molar-refractivity contribution in [1.29, 1.82) is 0 Å².